The SMILES string of the molecule is CSc1ccccc1NC(=O)C(=O)NCC1(O)CCOc2ccccc21. The minimum absolute atomic E-state index is 0.0657. The molecule has 0 saturated heterocycles. The Labute approximate surface area is 155 Å². The first-order valence-electron chi connectivity index (χ1n) is 8.20. The minimum atomic E-state index is -1.26. The number of amides is 2. The summed E-state index contributed by atoms with van der Waals surface area (Å²) in [5, 5.41) is 16.0. The van der Waals surface area contributed by atoms with E-state index in [0.717, 1.165) is 4.90 Å². The van der Waals surface area contributed by atoms with Crippen LogP contribution in [-0.4, -0.2) is 36.3 Å². The van der Waals surface area contributed by atoms with Gasteiger partial charge in [0.25, 0.3) is 0 Å². The topological polar surface area (TPSA) is 87.7 Å². The van der Waals surface area contributed by atoms with Gasteiger partial charge in [-0.15, -0.1) is 11.8 Å². The average Bonchev–Trinajstić information content (AvgIpc) is 2.67. The third-order valence-corrected chi connectivity index (χ3v) is 5.06. The zero-order valence-corrected chi connectivity index (χ0v) is 15.1. The molecule has 26 heavy (non-hydrogen) atoms. The second kappa shape index (κ2) is 7.80. The van der Waals surface area contributed by atoms with Gasteiger partial charge in [0.2, 0.25) is 0 Å². The summed E-state index contributed by atoms with van der Waals surface area (Å²) in [7, 11) is 0. The van der Waals surface area contributed by atoms with Crippen molar-refractivity contribution in [1.82, 2.24) is 5.32 Å². The summed E-state index contributed by atoms with van der Waals surface area (Å²) in [6.45, 7) is 0.278. The van der Waals surface area contributed by atoms with Crippen LogP contribution < -0.4 is 15.4 Å². The number of carbonyl (C=O) groups is 2. The van der Waals surface area contributed by atoms with Gasteiger partial charge in [-0.25, -0.2) is 0 Å². The molecule has 3 N–H and O–H groups in total. The van der Waals surface area contributed by atoms with E-state index in [0.29, 0.717) is 30.0 Å². The second-order valence-electron chi connectivity index (χ2n) is 5.96. The smallest absolute Gasteiger partial charge is 0.313 e. The summed E-state index contributed by atoms with van der Waals surface area (Å²) < 4.78 is 5.52. The first kappa shape index (κ1) is 18.3. The lowest BCUT2D eigenvalue weighted by Crippen LogP contribution is -2.46. The zero-order chi connectivity index (χ0) is 18.6. The number of carbonyl (C=O) groups excluding carboxylic acids is 2. The van der Waals surface area contributed by atoms with Crippen LogP contribution in [0.2, 0.25) is 0 Å². The van der Waals surface area contributed by atoms with Crippen LogP contribution in [0.5, 0.6) is 5.75 Å². The van der Waals surface area contributed by atoms with Gasteiger partial charge in [0, 0.05) is 16.9 Å². The summed E-state index contributed by atoms with van der Waals surface area (Å²) in [5.74, 6) is -0.970. The molecule has 1 atom stereocenters. The van der Waals surface area contributed by atoms with Crippen LogP contribution in [0.1, 0.15) is 12.0 Å². The maximum atomic E-state index is 12.2. The molecule has 2 aromatic carbocycles. The second-order valence-corrected chi connectivity index (χ2v) is 6.81. The molecule has 7 heteroatoms. The van der Waals surface area contributed by atoms with Crippen LogP contribution in [0.25, 0.3) is 0 Å². The predicted molar refractivity (Wildman–Crippen MR) is 100 cm³/mol. The van der Waals surface area contributed by atoms with E-state index in [1.807, 2.05) is 24.5 Å². The molecule has 1 heterocycles. The van der Waals surface area contributed by atoms with Gasteiger partial charge in [-0.1, -0.05) is 30.3 Å². The van der Waals surface area contributed by atoms with Crippen molar-refractivity contribution in [1.29, 1.82) is 0 Å². The van der Waals surface area contributed by atoms with Gasteiger partial charge in [-0.2, -0.15) is 0 Å². The minimum Gasteiger partial charge on any atom is -0.493 e. The standard InChI is InChI=1S/C19H20N2O4S/c1-26-16-9-5-3-7-14(16)21-18(23)17(22)20-12-19(24)10-11-25-15-8-4-2-6-13(15)19/h2-9,24H,10-12H2,1H3,(H,20,22)(H,21,23). The molecule has 0 aliphatic carbocycles. The molecule has 1 aliphatic heterocycles. The normalized spacial score (nSPS) is 18.4. The highest BCUT2D eigenvalue weighted by Gasteiger charge is 2.36. The highest BCUT2D eigenvalue weighted by atomic mass is 32.2. The van der Waals surface area contributed by atoms with E-state index in [1.165, 1.54) is 11.8 Å². The molecule has 0 fully saturated rings. The molecule has 0 saturated carbocycles. The summed E-state index contributed by atoms with van der Waals surface area (Å²) >= 11 is 1.48. The Morgan fingerprint density at radius 1 is 1.15 bits per heavy atom. The first-order valence-corrected chi connectivity index (χ1v) is 9.43. The number of thioether (sulfide) groups is 1. The van der Waals surface area contributed by atoms with E-state index in [9.17, 15) is 14.7 Å². The van der Waals surface area contributed by atoms with Crippen molar-refractivity contribution in [2.45, 2.75) is 16.9 Å². The molecule has 136 valence electrons. The van der Waals surface area contributed by atoms with Crippen molar-refractivity contribution in [3.63, 3.8) is 0 Å². The molecule has 0 bridgehead atoms. The lowest BCUT2D eigenvalue weighted by Gasteiger charge is -2.34. The third-order valence-electron chi connectivity index (χ3n) is 4.26. The Morgan fingerprint density at radius 3 is 2.69 bits per heavy atom. The summed E-state index contributed by atoms with van der Waals surface area (Å²) in [5.41, 5.74) is -0.0722. The van der Waals surface area contributed by atoms with Gasteiger partial charge in [-0.3, -0.25) is 9.59 Å². The third kappa shape index (κ3) is 3.84. The van der Waals surface area contributed by atoms with Crippen molar-refractivity contribution in [2.24, 2.45) is 0 Å². The van der Waals surface area contributed by atoms with Gasteiger partial charge in [0.1, 0.15) is 11.4 Å². The predicted octanol–water partition coefficient (Wildman–Crippen LogP) is 2.13. The van der Waals surface area contributed by atoms with E-state index >= 15 is 0 Å². The van der Waals surface area contributed by atoms with Crippen LogP contribution in [0.15, 0.2) is 53.4 Å². The first-order chi connectivity index (χ1) is 12.5. The monoisotopic (exact) mass is 372 g/mol. The van der Waals surface area contributed by atoms with Crippen molar-refractivity contribution in [3.05, 3.63) is 54.1 Å². The molecular weight excluding hydrogens is 352 g/mol. The highest BCUT2D eigenvalue weighted by Crippen LogP contribution is 2.36. The number of hydrogen-bond acceptors (Lipinski definition) is 5. The lowest BCUT2D eigenvalue weighted by atomic mass is 9.88. The number of fused-ring (bicyclic) bond motifs is 1. The van der Waals surface area contributed by atoms with Crippen LogP contribution in [0.3, 0.4) is 0 Å². The number of hydrogen-bond donors (Lipinski definition) is 3. The van der Waals surface area contributed by atoms with Gasteiger partial charge in [0.15, 0.2) is 0 Å². The molecule has 2 amide bonds. The molecule has 6 nitrogen and oxygen atoms in total. The van der Waals surface area contributed by atoms with Crippen molar-refractivity contribution >= 4 is 29.3 Å². The fourth-order valence-corrected chi connectivity index (χ4v) is 3.41. The Bertz CT molecular complexity index is 827. The van der Waals surface area contributed by atoms with Gasteiger partial charge < -0.3 is 20.5 Å². The molecule has 0 aromatic heterocycles. The van der Waals surface area contributed by atoms with Crippen LogP contribution >= 0.6 is 11.8 Å². The summed E-state index contributed by atoms with van der Waals surface area (Å²) in [4.78, 5) is 25.2. The maximum absolute atomic E-state index is 12.2. The van der Waals surface area contributed by atoms with Crippen molar-refractivity contribution in [2.75, 3.05) is 24.7 Å². The summed E-state index contributed by atoms with van der Waals surface area (Å²) in [6, 6.07) is 14.4. The fourth-order valence-electron chi connectivity index (χ4n) is 2.86. The fraction of sp³-hybridized carbons (Fsp3) is 0.263. The number of nitrogens with one attached hydrogen (secondary N) is 2. The Kier molecular flexibility index (Phi) is 5.49. The van der Waals surface area contributed by atoms with E-state index in [2.05, 4.69) is 10.6 Å². The Balaban J connectivity index is 1.65. The van der Waals surface area contributed by atoms with E-state index in [-0.39, 0.29) is 6.54 Å². The Morgan fingerprint density at radius 2 is 1.88 bits per heavy atom. The number of benzene rings is 2. The van der Waals surface area contributed by atoms with Gasteiger partial charge in [0.05, 0.1) is 18.8 Å². The van der Waals surface area contributed by atoms with E-state index in [4.69, 9.17) is 4.74 Å². The van der Waals surface area contributed by atoms with Crippen molar-refractivity contribution < 1.29 is 19.4 Å². The number of ether oxygens (including phenoxy) is 1. The van der Waals surface area contributed by atoms with Crippen LogP contribution in [0.4, 0.5) is 5.69 Å². The highest BCUT2D eigenvalue weighted by molar-refractivity contribution is 7.98. The molecule has 3 rings (SSSR count). The van der Waals surface area contributed by atoms with Crippen LogP contribution in [-0.2, 0) is 15.2 Å². The zero-order valence-electron chi connectivity index (χ0n) is 14.3. The van der Waals surface area contributed by atoms with E-state index < -0.39 is 17.4 Å². The van der Waals surface area contributed by atoms with E-state index in [1.54, 1.807) is 30.3 Å². The molecule has 1 aliphatic rings. The number of anilines is 1. The number of rotatable bonds is 4. The molecule has 2 aromatic rings. The van der Waals surface area contributed by atoms with Gasteiger partial charge in [-0.05, 0) is 24.5 Å². The number of para-hydroxylation sites is 2. The maximum Gasteiger partial charge on any atom is 0.313 e. The Hall–Kier alpha value is -2.51. The van der Waals surface area contributed by atoms with Gasteiger partial charge >= 0.3 is 11.8 Å². The lowest BCUT2D eigenvalue weighted by molar-refractivity contribution is -0.137. The quantitative estimate of drug-likeness (QED) is 0.565. The summed E-state index contributed by atoms with van der Waals surface area (Å²) in [6.07, 6.45) is 2.23. The molecule has 0 spiro atoms. The largest absolute Gasteiger partial charge is 0.493 e. The van der Waals surface area contributed by atoms with Crippen molar-refractivity contribution in [3.8, 4) is 5.75 Å². The molecule has 1 unspecified atom stereocenters. The number of aliphatic hydroxyl groups is 1. The average molecular weight is 372 g/mol. The molecule has 0 radical (unpaired) electrons. The van der Waals surface area contributed by atoms with Crippen LogP contribution in [0, 0.1) is 0 Å². The molecular formula is C19H20N2O4S.